The number of ether oxygens (including phenoxy) is 1. The lowest BCUT2D eigenvalue weighted by Crippen LogP contribution is -2.02. The number of benzene rings is 2. The number of hydrogen-bond donors (Lipinski definition) is 2. The Morgan fingerprint density at radius 2 is 1.92 bits per heavy atom. The highest BCUT2D eigenvalue weighted by atomic mass is 35.5. The summed E-state index contributed by atoms with van der Waals surface area (Å²) in [5, 5.41) is 21.4. The zero-order valence-corrected chi connectivity index (χ0v) is 14.6. The lowest BCUT2D eigenvalue weighted by molar-refractivity contribution is 0.335. The van der Waals surface area contributed by atoms with Gasteiger partial charge in [0.2, 0.25) is 5.88 Å². The van der Waals surface area contributed by atoms with Crippen molar-refractivity contribution in [1.82, 2.24) is 20.0 Å². The summed E-state index contributed by atoms with van der Waals surface area (Å²) < 4.78 is 5.58. The van der Waals surface area contributed by atoms with Crippen LogP contribution in [0.4, 0.5) is 0 Å². The summed E-state index contributed by atoms with van der Waals surface area (Å²) >= 11 is 10.1. The topological polar surface area (TPSA) is 73.1 Å². The van der Waals surface area contributed by atoms with E-state index in [0.29, 0.717) is 50.8 Å². The SMILES string of the molecule is Oc1c(-n2nc3ccc(Cl)cc3n2)ccc2c(OCCS)nccc12. The number of phenolic OH excluding ortho intramolecular Hbond substituents is 1. The van der Waals surface area contributed by atoms with Crippen molar-refractivity contribution in [3.8, 4) is 17.3 Å². The number of aromatic nitrogens is 4. The lowest BCUT2D eigenvalue weighted by Gasteiger charge is -2.10. The molecule has 8 heteroatoms. The average molecular weight is 373 g/mol. The van der Waals surface area contributed by atoms with Crippen LogP contribution in [-0.2, 0) is 0 Å². The van der Waals surface area contributed by atoms with E-state index in [-0.39, 0.29) is 5.75 Å². The van der Waals surface area contributed by atoms with Gasteiger partial charge in [-0.1, -0.05) is 11.6 Å². The Morgan fingerprint density at radius 1 is 1.08 bits per heavy atom. The van der Waals surface area contributed by atoms with Crippen molar-refractivity contribution in [1.29, 1.82) is 0 Å². The van der Waals surface area contributed by atoms with Gasteiger partial charge in [-0.2, -0.15) is 12.6 Å². The van der Waals surface area contributed by atoms with Gasteiger partial charge in [0.15, 0.2) is 5.75 Å². The second kappa shape index (κ2) is 6.42. The number of aromatic hydroxyl groups is 1. The fourth-order valence-corrected chi connectivity index (χ4v) is 2.87. The molecule has 0 aliphatic heterocycles. The zero-order chi connectivity index (χ0) is 17.4. The summed E-state index contributed by atoms with van der Waals surface area (Å²) in [4.78, 5) is 5.61. The Labute approximate surface area is 153 Å². The third-order valence-corrected chi connectivity index (χ3v) is 4.16. The first-order valence-electron chi connectivity index (χ1n) is 7.54. The Balaban J connectivity index is 1.85. The summed E-state index contributed by atoms with van der Waals surface area (Å²) in [6.45, 7) is 0.435. The molecule has 2 aromatic heterocycles. The van der Waals surface area contributed by atoms with Crippen LogP contribution in [0.25, 0.3) is 27.5 Å². The summed E-state index contributed by atoms with van der Waals surface area (Å²) in [6, 6.07) is 10.5. The summed E-state index contributed by atoms with van der Waals surface area (Å²) in [5.41, 5.74) is 1.81. The molecule has 1 N–H and O–H groups in total. The molecular formula is C17H13ClN4O2S. The van der Waals surface area contributed by atoms with E-state index in [1.165, 1.54) is 4.80 Å². The first kappa shape index (κ1) is 16.0. The number of halogens is 1. The van der Waals surface area contributed by atoms with E-state index in [9.17, 15) is 5.11 Å². The average Bonchev–Trinajstić information content (AvgIpc) is 3.03. The van der Waals surface area contributed by atoms with Crippen molar-refractivity contribution >= 4 is 46.0 Å². The molecule has 0 aliphatic rings. The maximum Gasteiger partial charge on any atom is 0.221 e. The summed E-state index contributed by atoms with van der Waals surface area (Å²) in [5.74, 6) is 1.09. The zero-order valence-electron chi connectivity index (χ0n) is 12.9. The summed E-state index contributed by atoms with van der Waals surface area (Å²) in [7, 11) is 0. The standard InChI is InChI=1S/C17H13ClN4O2S/c18-10-1-3-13-14(9-10)21-22(20-13)15-4-2-12-11(16(15)23)5-6-19-17(12)24-7-8-25/h1-6,9,23,25H,7-8H2. The highest BCUT2D eigenvalue weighted by molar-refractivity contribution is 7.80. The molecule has 25 heavy (non-hydrogen) atoms. The van der Waals surface area contributed by atoms with E-state index in [0.717, 1.165) is 0 Å². The van der Waals surface area contributed by atoms with Crippen LogP contribution >= 0.6 is 24.2 Å². The van der Waals surface area contributed by atoms with Gasteiger partial charge < -0.3 is 9.84 Å². The Bertz CT molecular complexity index is 1080. The van der Waals surface area contributed by atoms with Crippen LogP contribution in [0.2, 0.25) is 5.02 Å². The van der Waals surface area contributed by atoms with E-state index in [1.807, 2.05) is 6.07 Å². The minimum Gasteiger partial charge on any atom is -0.505 e. The second-order valence-corrected chi connectivity index (χ2v) is 6.22. The molecule has 4 rings (SSSR count). The van der Waals surface area contributed by atoms with Crippen LogP contribution in [0.3, 0.4) is 0 Å². The fourth-order valence-electron chi connectivity index (χ4n) is 2.61. The van der Waals surface area contributed by atoms with Crippen molar-refractivity contribution in [2.75, 3.05) is 12.4 Å². The number of phenols is 1. The molecule has 0 aliphatic carbocycles. The maximum absolute atomic E-state index is 10.7. The number of hydrogen-bond acceptors (Lipinski definition) is 6. The van der Waals surface area contributed by atoms with Gasteiger partial charge in [0.25, 0.3) is 0 Å². The van der Waals surface area contributed by atoms with E-state index in [2.05, 4.69) is 27.8 Å². The van der Waals surface area contributed by atoms with Gasteiger partial charge >= 0.3 is 0 Å². The number of pyridine rings is 1. The quantitative estimate of drug-likeness (QED) is 0.535. The Kier molecular flexibility index (Phi) is 4.10. The molecule has 0 radical (unpaired) electrons. The largest absolute Gasteiger partial charge is 0.505 e. The molecule has 0 saturated heterocycles. The van der Waals surface area contributed by atoms with Crippen LogP contribution < -0.4 is 4.74 Å². The van der Waals surface area contributed by atoms with Crippen LogP contribution in [0, 0.1) is 0 Å². The Morgan fingerprint density at radius 3 is 2.76 bits per heavy atom. The highest BCUT2D eigenvalue weighted by Crippen LogP contribution is 2.34. The predicted octanol–water partition coefficient (Wildman–Crippen LogP) is 3.64. The van der Waals surface area contributed by atoms with Gasteiger partial charge in [-0.3, -0.25) is 0 Å². The molecule has 0 amide bonds. The normalized spacial score (nSPS) is 11.3. The predicted molar refractivity (Wildman–Crippen MR) is 100 cm³/mol. The number of fused-ring (bicyclic) bond motifs is 2. The summed E-state index contributed by atoms with van der Waals surface area (Å²) in [6.07, 6.45) is 1.59. The highest BCUT2D eigenvalue weighted by Gasteiger charge is 2.14. The third-order valence-electron chi connectivity index (χ3n) is 3.75. The van der Waals surface area contributed by atoms with Gasteiger partial charge in [-0.25, -0.2) is 4.98 Å². The molecule has 0 atom stereocenters. The molecule has 0 saturated carbocycles. The first-order chi connectivity index (χ1) is 12.2. The van der Waals surface area contributed by atoms with Gasteiger partial charge in [0, 0.05) is 27.7 Å². The minimum absolute atomic E-state index is 0.0574. The molecule has 2 heterocycles. The molecule has 0 unspecified atom stereocenters. The number of nitrogens with zero attached hydrogens (tertiary/aromatic N) is 4. The van der Waals surface area contributed by atoms with Crippen LogP contribution in [0.15, 0.2) is 42.6 Å². The van der Waals surface area contributed by atoms with E-state index < -0.39 is 0 Å². The Hall–Kier alpha value is -2.51. The molecule has 2 aromatic carbocycles. The van der Waals surface area contributed by atoms with Crippen molar-refractivity contribution in [2.45, 2.75) is 0 Å². The van der Waals surface area contributed by atoms with Crippen molar-refractivity contribution in [3.05, 3.63) is 47.6 Å². The smallest absolute Gasteiger partial charge is 0.221 e. The van der Waals surface area contributed by atoms with Crippen molar-refractivity contribution in [2.24, 2.45) is 0 Å². The molecule has 0 spiro atoms. The van der Waals surface area contributed by atoms with Gasteiger partial charge in [-0.05, 0) is 36.4 Å². The van der Waals surface area contributed by atoms with Crippen LogP contribution in [-0.4, -0.2) is 37.4 Å². The molecule has 126 valence electrons. The van der Waals surface area contributed by atoms with Gasteiger partial charge in [0.1, 0.15) is 16.7 Å². The van der Waals surface area contributed by atoms with E-state index in [1.54, 1.807) is 36.5 Å². The fraction of sp³-hybridized carbons (Fsp3) is 0.118. The minimum atomic E-state index is 0.0574. The molecule has 4 aromatic rings. The van der Waals surface area contributed by atoms with E-state index >= 15 is 0 Å². The molecule has 6 nitrogen and oxygen atoms in total. The second-order valence-electron chi connectivity index (χ2n) is 5.34. The van der Waals surface area contributed by atoms with Crippen molar-refractivity contribution < 1.29 is 9.84 Å². The number of thiol groups is 1. The van der Waals surface area contributed by atoms with Gasteiger partial charge in [-0.15, -0.1) is 15.0 Å². The third kappa shape index (κ3) is 2.85. The monoisotopic (exact) mass is 372 g/mol. The molecular weight excluding hydrogens is 360 g/mol. The van der Waals surface area contributed by atoms with Crippen LogP contribution in [0.1, 0.15) is 0 Å². The lowest BCUT2D eigenvalue weighted by atomic mass is 10.1. The maximum atomic E-state index is 10.7. The van der Waals surface area contributed by atoms with Crippen LogP contribution in [0.5, 0.6) is 11.6 Å². The molecule has 0 fully saturated rings. The first-order valence-corrected chi connectivity index (χ1v) is 8.56. The van der Waals surface area contributed by atoms with Crippen molar-refractivity contribution in [3.63, 3.8) is 0 Å². The van der Waals surface area contributed by atoms with E-state index in [4.69, 9.17) is 16.3 Å². The van der Waals surface area contributed by atoms with Gasteiger partial charge in [0.05, 0.1) is 6.61 Å². The number of rotatable bonds is 4. The molecule has 0 bridgehead atoms.